The molecule has 0 radical (unpaired) electrons. The normalized spacial score (nSPS) is 24.4. The van der Waals surface area contributed by atoms with Crippen molar-refractivity contribution in [1.82, 2.24) is 10.2 Å². The van der Waals surface area contributed by atoms with E-state index in [0.717, 1.165) is 35.6 Å². The highest BCUT2D eigenvalue weighted by atomic mass is 32.1. The molecule has 1 aromatic heterocycles. The first-order chi connectivity index (χ1) is 14.0. The standard InChI is InChI=1S/C18H16F3N3O5S/c1-2-23-16(26)22-14(10-5-7-11(8-6-10)24(28)29)13(17(23,27)18(19,20)21)15(25)12-4-3-9-30-12/h3-9,13-14,27H,2H2,1H3,(H,22,26)/t13-,14+,17-/m0/s1. The summed E-state index contributed by atoms with van der Waals surface area (Å²) in [6.45, 7) is 0.734. The van der Waals surface area contributed by atoms with Gasteiger partial charge in [0.1, 0.15) is 5.92 Å². The Bertz CT molecular complexity index is 964. The van der Waals surface area contributed by atoms with E-state index in [2.05, 4.69) is 5.32 Å². The van der Waals surface area contributed by atoms with Crippen LogP contribution >= 0.6 is 11.3 Å². The van der Waals surface area contributed by atoms with Crippen LogP contribution < -0.4 is 5.32 Å². The maximum Gasteiger partial charge on any atom is 0.437 e. The van der Waals surface area contributed by atoms with Crippen LogP contribution in [0.1, 0.15) is 28.2 Å². The van der Waals surface area contributed by atoms with Crippen molar-refractivity contribution in [2.45, 2.75) is 24.9 Å². The number of non-ortho nitro benzene ring substituents is 1. The molecule has 3 atom stereocenters. The van der Waals surface area contributed by atoms with Crippen LogP contribution in [-0.4, -0.2) is 45.2 Å². The topological polar surface area (TPSA) is 113 Å². The van der Waals surface area contributed by atoms with Crippen LogP contribution in [-0.2, 0) is 0 Å². The summed E-state index contributed by atoms with van der Waals surface area (Å²) < 4.78 is 42.4. The predicted molar refractivity (Wildman–Crippen MR) is 99.9 cm³/mol. The van der Waals surface area contributed by atoms with Gasteiger partial charge in [0, 0.05) is 18.7 Å². The van der Waals surface area contributed by atoms with E-state index in [1.54, 1.807) is 0 Å². The van der Waals surface area contributed by atoms with E-state index in [9.17, 15) is 38.0 Å². The number of nitro benzene ring substituents is 1. The van der Waals surface area contributed by atoms with Gasteiger partial charge in [-0.25, -0.2) is 4.79 Å². The molecule has 12 heteroatoms. The lowest BCUT2D eigenvalue weighted by atomic mass is 9.77. The number of ketones is 1. The molecule has 0 spiro atoms. The Balaban J connectivity index is 2.20. The summed E-state index contributed by atoms with van der Waals surface area (Å²) in [4.78, 5) is 35.9. The Morgan fingerprint density at radius 1 is 1.33 bits per heavy atom. The zero-order valence-electron chi connectivity index (χ0n) is 15.4. The zero-order chi connectivity index (χ0) is 22.3. The summed E-state index contributed by atoms with van der Waals surface area (Å²) in [5.41, 5.74) is -4.08. The van der Waals surface area contributed by atoms with Gasteiger partial charge in [-0.2, -0.15) is 13.2 Å². The minimum Gasteiger partial charge on any atom is -0.363 e. The molecule has 1 aliphatic rings. The monoisotopic (exact) mass is 443 g/mol. The lowest BCUT2D eigenvalue weighted by Crippen LogP contribution is -2.73. The second kappa shape index (κ2) is 7.69. The van der Waals surface area contributed by atoms with Crippen molar-refractivity contribution in [3.05, 3.63) is 62.3 Å². The summed E-state index contributed by atoms with van der Waals surface area (Å²) >= 11 is 0.901. The number of carbonyl (C=O) groups is 2. The van der Waals surface area contributed by atoms with Gasteiger partial charge in [0.15, 0.2) is 5.78 Å². The maximum absolute atomic E-state index is 14.1. The fraction of sp³-hybridized carbons (Fsp3) is 0.333. The van der Waals surface area contributed by atoms with Gasteiger partial charge < -0.3 is 10.4 Å². The van der Waals surface area contributed by atoms with Crippen LogP contribution in [0.2, 0.25) is 0 Å². The summed E-state index contributed by atoms with van der Waals surface area (Å²) in [7, 11) is 0. The Hall–Kier alpha value is -2.99. The van der Waals surface area contributed by atoms with E-state index in [4.69, 9.17) is 0 Å². The number of halogens is 3. The first-order valence-corrected chi connectivity index (χ1v) is 9.59. The van der Waals surface area contributed by atoms with Gasteiger partial charge in [-0.1, -0.05) is 18.2 Å². The van der Waals surface area contributed by atoms with Gasteiger partial charge in [-0.05, 0) is 23.9 Å². The lowest BCUT2D eigenvalue weighted by molar-refractivity contribution is -0.384. The molecule has 0 aliphatic carbocycles. The Morgan fingerprint density at radius 2 is 1.97 bits per heavy atom. The van der Waals surface area contributed by atoms with Gasteiger partial charge in [-0.15, -0.1) is 11.3 Å². The zero-order valence-corrected chi connectivity index (χ0v) is 16.2. The van der Waals surface area contributed by atoms with Crippen LogP contribution in [0.15, 0.2) is 41.8 Å². The third-order valence-electron chi connectivity index (χ3n) is 4.95. The highest BCUT2D eigenvalue weighted by Gasteiger charge is 2.69. The Kier molecular flexibility index (Phi) is 5.56. The number of alkyl halides is 3. The van der Waals surface area contributed by atoms with Crippen molar-refractivity contribution in [3.8, 4) is 0 Å². The van der Waals surface area contributed by atoms with Crippen molar-refractivity contribution in [2.75, 3.05) is 6.54 Å². The fourth-order valence-electron chi connectivity index (χ4n) is 3.55. The molecular weight excluding hydrogens is 427 g/mol. The predicted octanol–water partition coefficient (Wildman–Crippen LogP) is 3.49. The van der Waals surface area contributed by atoms with Gasteiger partial charge in [0.05, 0.1) is 15.8 Å². The summed E-state index contributed by atoms with van der Waals surface area (Å²) in [5.74, 6) is -3.15. The Morgan fingerprint density at radius 3 is 2.43 bits per heavy atom. The molecule has 160 valence electrons. The number of nitrogens with zero attached hydrogens (tertiary/aromatic N) is 2. The van der Waals surface area contributed by atoms with Crippen molar-refractivity contribution in [1.29, 1.82) is 0 Å². The van der Waals surface area contributed by atoms with Gasteiger partial charge in [0.25, 0.3) is 11.4 Å². The molecule has 3 rings (SSSR count). The summed E-state index contributed by atoms with van der Waals surface area (Å²) in [6, 6.07) is 4.42. The number of nitro groups is 1. The molecule has 2 N–H and O–H groups in total. The second-order valence-electron chi connectivity index (χ2n) is 6.56. The summed E-state index contributed by atoms with van der Waals surface area (Å²) in [6.07, 6.45) is -5.35. The largest absolute Gasteiger partial charge is 0.437 e. The SMILES string of the molecule is CCN1C(=O)N[C@H](c2ccc([N+](=O)[O-])cc2)[C@@H](C(=O)c2cccs2)[C@]1(O)C(F)(F)F. The third kappa shape index (κ3) is 3.41. The number of hydrogen-bond donors (Lipinski definition) is 2. The Labute approximate surface area is 172 Å². The van der Waals surface area contributed by atoms with E-state index < -0.39 is 47.1 Å². The highest BCUT2D eigenvalue weighted by molar-refractivity contribution is 7.12. The molecule has 2 heterocycles. The number of amides is 2. The van der Waals surface area contributed by atoms with Crippen molar-refractivity contribution in [3.63, 3.8) is 0 Å². The minimum atomic E-state index is -5.35. The molecular formula is C18H16F3N3O5S. The highest BCUT2D eigenvalue weighted by Crippen LogP contribution is 2.48. The van der Waals surface area contributed by atoms with Crippen LogP contribution in [0.25, 0.3) is 0 Å². The number of thiophene rings is 1. The molecule has 2 aromatic rings. The van der Waals surface area contributed by atoms with Crippen molar-refractivity contribution < 1.29 is 32.8 Å². The lowest BCUT2D eigenvalue weighted by Gasteiger charge is -2.50. The fourth-order valence-corrected chi connectivity index (χ4v) is 4.25. The van der Waals surface area contributed by atoms with Crippen LogP contribution in [0, 0.1) is 16.0 Å². The number of nitrogens with one attached hydrogen (secondary N) is 1. The van der Waals surface area contributed by atoms with Gasteiger partial charge in [0.2, 0.25) is 0 Å². The first kappa shape index (κ1) is 21.7. The number of aliphatic hydroxyl groups is 1. The summed E-state index contributed by atoms with van der Waals surface area (Å²) in [5, 5.41) is 25.6. The molecule has 1 saturated heterocycles. The number of Topliss-reactive ketones (excluding diaryl/α,β-unsaturated/α-hetero) is 1. The van der Waals surface area contributed by atoms with E-state index in [1.807, 2.05) is 0 Å². The van der Waals surface area contributed by atoms with Crippen LogP contribution in [0.3, 0.4) is 0 Å². The molecule has 0 bridgehead atoms. The van der Waals surface area contributed by atoms with Crippen LogP contribution in [0.5, 0.6) is 0 Å². The molecule has 1 fully saturated rings. The molecule has 0 saturated carbocycles. The number of carbonyl (C=O) groups excluding carboxylic acids is 2. The smallest absolute Gasteiger partial charge is 0.363 e. The molecule has 2 amide bonds. The molecule has 1 aliphatic heterocycles. The molecule has 30 heavy (non-hydrogen) atoms. The van der Waals surface area contributed by atoms with E-state index in [0.29, 0.717) is 0 Å². The first-order valence-electron chi connectivity index (χ1n) is 8.71. The van der Waals surface area contributed by atoms with E-state index >= 15 is 0 Å². The second-order valence-corrected chi connectivity index (χ2v) is 7.51. The third-order valence-corrected chi connectivity index (χ3v) is 5.83. The molecule has 0 unspecified atom stereocenters. The van der Waals surface area contributed by atoms with Crippen molar-refractivity contribution in [2.24, 2.45) is 5.92 Å². The number of benzene rings is 1. The molecule has 1 aromatic carbocycles. The van der Waals surface area contributed by atoms with Crippen molar-refractivity contribution >= 4 is 28.8 Å². The average Bonchev–Trinajstić information content (AvgIpc) is 3.21. The van der Waals surface area contributed by atoms with E-state index in [1.165, 1.54) is 24.4 Å². The number of rotatable bonds is 5. The quantitative estimate of drug-likeness (QED) is 0.417. The maximum atomic E-state index is 14.1. The number of hydrogen-bond acceptors (Lipinski definition) is 6. The number of urea groups is 1. The average molecular weight is 443 g/mol. The molecule has 8 nitrogen and oxygen atoms in total. The van der Waals surface area contributed by atoms with Gasteiger partial charge >= 0.3 is 12.2 Å². The van der Waals surface area contributed by atoms with Crippen LogP contribution in [0.4, 0.5) is 23.7 Å². The van der Waals surface area contributed by atoms with Gasteiger partial charge in [-0.3, -0.25) is 19.8 Å². The minimum absolute atomic E-state index is 0.0160. The van der Waals surface area contributed by atoms with E-state index in [-0.39, 0.29) is 21.0 Å².